The van der Waals surface area contributed by atoms with E-state index in [1.54, 1.807) is 39.3 Å². The summed E-state index contributed by atoms with van der Waals surface area (Å²) < 4.78 is 75.0. The van der Waals surface area contributed by atoms with E-state index in [0.717, 1.165) is 0 Å². The quantitative estimate of drug-likeness (QED) is 0.435. The third-order valence-corrected chi connectivity index (χ3v) is 35.9. The van der Waals surface area contributed by atoms with Crippen molar-refractivity contribution in [3.05, 3.63) is 0 Å². The van der Waals surface area contributed by atoms with Crippen molar-refractivity contribution in [1.82, 2.24) is 0 Å². The summed E-state index contributed by atoms with van der Waals surface area (Å²) in [5.41, 5.74) is 0. The van der Waals surface area contributed by atoms with Gasteiger partial charge in [-0.3, -0.25) is 0 Å². The Kier molecular flexibility index (Phi) is 7.31. The molecule has 0 aromatic rings. The van der Waals surface area contributed by atoms with Gasteiger partial charge in [-0.05, 0) is 13.1 Å². The lowest BCUT2D eigenvalue weighted by molar-refractivity contribution is 0.0418. The van der Waals surface area contributed by atoms with Crippen LogP contribution in [0.3, 0.4) is 0 Å². The summed E-state index contributed by atoms with van der Waals surface area (Å²) in [5, 5.41) is 0. The van der Waals surface area contributed by atoms with Crippen LogP contribution in [0.15, 0.2) is 0 Å². The predicted octanol–water partition coefficient (Wildman–Crippen LogP) is 0.599. The molecule has 5 unspecified atom stereocenters. The molecule has 0 radical (unpaired) electrons. The van der Waals surface area contributed by atoms with Crippen molar-refractivity contribution in [3.63, 3.8) is 0 Å². The van der Waals surface area contributed by atoms with Gasteiger partial charge in [0.05, 0.1) is 0 Å². The van der Waals surface area contributed by atoms with Gasteiger partial charge in [0.2, 0.25) is 0 Å². The molecule has 176 valence electrons. The van der Waals surface area contributed by atoms with E-state index in [9.17, 15) is 0 Å². The van der Waals surface area contributed by atoms with Crippen LogP contribution < -0.4 is 0 Å². The molecule has 5 aliphatic heterocycles. The molecule has 8 atom stereocenters. The highest BCUT2D eigenvalue weighted by atomic mass is 28.6. The Bertz CT molecular complexity index is 660. The molecule has 5 fully saturated rings. The van der Waals surface area contributed by atoms with E-state index in [1.807, 2.05) is 13.1 Å². The molecule has 5 aliphatic rings. The van der Waals surface area contributed by atoms with Gasteiger partial charge in [0.1, 0.15) is 0 Å². The van der Waals surface area contributed by atoms with Crippen LogP contribution >= 0.6 is 0 Å². The first-order valence-electron chi connectivity index (χ1n) is 9.59. The Morgan fingerprint density at radius 2 is 0.833 bits per heavy atom. The first-order chi connectivity index (χ1) is 13.6. The molecule has 5 rings (SSSR count). The van der Waals surface area contributed by atoms with E-state index >= 15 is 0 Å². The average Bonchev–Trinajstić information content (AvgIpc) is 2.48. The van der Waals surface area contributed by atoms with Crippen LogP contribution in [0, 0.1) is 0 Å². The molecule has 0 N–H and O–H groups in total. The first kappa shape index (κ1) is 25.9. The summed E-state index contributed by atoms with van der Waals surface area (Å²) in [6.07, 6.45) is 0. The van der Waals surface area contributed by atoms with Gasteiger partial charge in [-0.25, -0.2) is 0 Å². The van der Waals surface area contributed by atoms with Gasteiger partial charge in [0.15, 0.2) is 0 Å². The SMILES string of the molecule is CO[Si]1(C)O[SiH](C)O[Si@@]2(C)O[Si@H](C)O[Si]3(C)O[Si](C)(O1)O[Si](C)(OC)O[Si@](C)(O3)O2. The molecular weight excluding hydrogens is 537 g/mol. The second kappa shape index (κ2) is 8.48. The summed E-state index contributed by atoms with van der Waals surface area (Å²) in [7, 11) is -21.6. The fourth-order valence-electron chi connectivity index (χ4n) is 3.76. The Morgan fingerprint density at radius 1 is 0.467 bits per heavy atom. The third kappa shape index (κ3) is 5.84. The second-order valence-electron chi connectivity index (χ2n) is 7.80. The van der Waals surface area contributed by atoms with Crippen molar-refractivity contribution in [3.8, 4) is 0 Å². The summed E-state index contributed by atoms with van der Waals surface area (Å²) in [6.45, 7) is 14.3. The molecule has 30 heavy (non-hydrogen) atoms. The lowest BCUT2D eigenvalue weighted by Gasteiger charge is -2.52. The van der Waals surface area contributed by atoms with E-state index in [2.05, 4.69) is 0 Å². The second-order valence-corrected chi connectivity index (χ2v) is 29.9. The zero-order chi connectivity index (χ0) is 22.6. The molecular formula is C10H32O12Si8. The molecule has 12 nitrogen and oxygen atoms in total. The van der Waals surface area contributed by atoms with Crippen LogP contribution in [0.5, 0.6) is 0 Å². The van der Waals surface area contributed by atoms with Crippen LogP contribution in [0.25, 0.3) is 0 Å². The minimum atomic E-state index is -3.51. The molecule has 5 saturated heterocycles. The first-order valence-corrected chi connectivity index (χ1v) is 27.1. The predicted molar refractivity (Wildman–Crippen MR) is 121 cm³/mol. The summed E-state index contributed by atoms with van der Waals surface area (Å²) in [6, 6.07) is 0. The van der Waals surface area contributed by atoms with Crippen molar-refractivity contribution in [2.75, 3.05) is 14.2 Å². The van der Waals surface area contributed by atoms with Gasteiger partial charge in [0.25, 0.3) is 0 Å². The normalized spacial score (nSPS) is 55.4. The highest BCUT2D eigenvalue weighted by Gasteiger charge is 2.68. The largest absolute Gasteiger partial charge is 0.482 e. The molecule has 20 heteroatoms. The zero-order valence-corrected chi connectivity index (χ0v) is 27.4. The van der Waals surface area contributed by atoms with E-state index in [-0.39, 0.29) is 0 Å². The summed E-state index contributed by atoms with van der Waals surface area (Å²) in [4.78, 5) is 0. The standard InChI is InChI=1S/C10H32O12Si8/c1-11-25(5)13-23(3)14-27(7)15-24(4)16-28(8)21-29(9,17-25)18-26(6,12-2)19-30(10,20-27)22-28/h23-24H,1-10H3/t23?,24-,25?,26?,27-,28?,29?,30-/m0/s1. The lowest BCUT2D eigenvalue weighted by atomic mass is 11.8. The minimum absolute atomic E-state index is 1.51. The molecule has 0 saturated carbocycles. The zero-order valence-electron chi connectivity index (χ0n) is 19.1. The molecule has 0 aromatic heterocycles. The summed E-state index contributed by atoms with van der Waals surface area (Å²) >= 11 is 0. The van der Waals surface area contributed by atoms with Gasteiger partial charge in [-0.15, -0.1) is 0 Å². The highest BCUT2D eigenvalue weighted by molar-refractivity contribution is 6.94. The number of rotatable bonds is 2. The van der Waals surface area contributed by atoms with Gasteiger partial charge in [-0.1, -0.05) is 0 Å². The van der Waals surface area contributed by atoms with E-state index in [1.165, 1.54) is 14.2 Å². The maximum Gasteiger partial charge on any atom is 0.482 e. The lowest BCUT2D eigenvalue weighted by Crippen LogP contribution is -2.76. The molecule has 0 aromatic carbocycles. The van der Waals surface area contributed by atoms with Gasteiger partial charge >= 0.3 is 71.4 Å². The fraction of sp³-hybridized carbons (Fsp3) is 1.00. The van der Waals surface area contributed by atoms with Crippen molar-refractivity contribution in [2.24, 2.45) is 0 Å². The monoisotopic (exact) mass is 568 g/mol. The Labute approximate surface area is 187 Å². The van der Waals surface area contributed by atoms with Crippen molar-refractivity contribution in [2.45, 2.75) is 52.4 Å². The van der Waals surface area contributed by atoms with Gasteiger partial charge in [-0.2, -0.15) is 0 Å². The Balaban J connectivity index is 2.19. The van der Waals surface area contributed by atoms with E-state index < -0.39 is 71.4 Å². The minimum Gasteiger partial charge on any atom is -0.397 e. The molecule has 5 heterocycles. The Morgan fingerprint density at radius 3 is 1.33 bits per heavy atom. The van der Waals surface area contributed by atoms with E-state index in [0.29, 0.717) is 0 Å². The van der Waals surface area contributed by atoms with Crippen LogP contribution in [0.1, 0.15) is 0 Å². The maximum atomic E-state index is 6.47. The van der Waals surface area contributed by atoms with E-state index in [4.69, 9.17) is 50.0 Å². The summed E-state index contributed by atoms with van der Waals surface area (Å²) in [5.74, 6) is 0. The van der Waals surface area contributed by atoms with Gasteiger partial charge < -0.3 is 50.0 Å². The van der Waals surface area contributed by atoms with Crippen LogP contribution in [0.4, 0.5) is 0 Å². The van der Waals surface area contributed by atoms with Crippen molar-refractivity contribution in [1.29, 1.82) is 0 Å². The maximum absolute atomic E-state index is 6.47. The van der Waals surface area contributed by atoms with Crippen LogP contribution in [-0.2, 0) is 50.0 Å². The molecule has 4 bridgehead atoms. The molecule has 0 spiro atoms. The number of fused-ring (bicyclic) bond motifs is 4. The number of hydrogen-bond donors (Lipinski definition) is 0. The third-order valence-electron chi connectivity index (χ3n) is 4.49. The van der Waals surface area contributed by atoms with Gasteiger partial charge in [0, 0.05) is 53.5 Å². The van der Waals surface area contributed by atoms with Crippen molar-refractivity contribution < 1.29 is 50.0 Å². The fourth-order valence-corrected chi connectivity index (χ4v) is 40.4. The van der Waals surface area contributed by atoms with Crippen LogP contribution in [-0.4, -0.2) is 85.6 Å². The Hall–Kier alpha value is 1.26. The topological polar surface area (TPSA) is 111 Å². The van der Waals surface area contributed by atoms with Crippen LogP contribution in [0.2, 0.25) is 52.4 Å². The smallest absolute Gasteiger partial charge is 0.397 e. The highest BCUT2D eigenvalue weighted by Crippen LogP contribution is 2.38. The number of hydrogen-bond acceptors (Lipinski definition) is 12. The van der Waals surface area contributed by atoms with Crippen molar-refractivity contribution >= 4 is 71.4 Å². The average molecular weight is 569 g/mol. The molecule has 0 amide bonds. The molecule has 0 aliphatic carbocycles.